The van der Waals surface area contributed by atoms with Gasteiger partial charge in [-0.3, -0.25) is 0 Å². The van der Waals surface area contributed by atoms with Crippen LogP contribution in [0.15, 0.2) is 52.7 Å². The first-order valence-electron chi connectivity index (χ1n) is 14.3. The molecule has 1 aromatic rings. The zero-order valence-corrected chi connectivity index (χ0v) is 24.0. The fraction of sp³-hybridized carbons (Fsp3) is 0.581. The topological polar surface area (TPSA) is 42.9 Å². The molecular formula is C31H46ClN5. The number of anilines is 2. The van der Waals surface area contributed by atoms with Crippen LogP contribution in [0.25, 0.3) is 6.08 Å². The van der Waals surface area contributed by atoms with E-state index in [0.717, 1.165) is 49.4 Å². The second kappa shape index (κ2) is 12.9. The molecule has 2 N–H and O–H groups in total. The minimum atomic E-state index is -0.207. The molecular weight excluding hydrogens is 478 g/mol. The molecule has 2 fully saturated rings. The van der Waals surface area contributed by atoms with E-state index < -0.39 is 0 Å². The molecule has 5 nitrogen and oxygen atoms in total. The highest BCUT2D eigenvalue weighted by Gasteiger charge is 2.28. The van der Waals surface area contributed by atoms with Crippen LogP contribution >= 0.6 is 11.6 Å². The number of hydrogen-bond acceptors (Lipinski definition) is 5. The highest BCUT2D eigenvalue weighted by Crippen LogP contribution is 2.36. The minimum absolute atomic E-state index is 0.207. The summed E-state index contributed by atoms with van der Waals surface area (Å²) in [6.45, 7) is 12.8. The Hall–Kier alpha value is -2.40. The summed E-state index contributed by atoms with van der Waals surface area (Å²) < 4.78 is 0. The Labute approximate surface area is 229 Å². The predicted octanol–water partition coefficient (Wildman–Crippen LogP) is 7.58. The van der Waals surface area contributed by atoms with E-state index in [1.54, 1.807) is 6.20 Å². The quantitative estimate of drug-likeness (QED) is 0.310. The molecule has 1 saturated carbocycles. The third-order valence-corrected chi connectivity index (χ3v) is 8.62. The number of rotatable bonds is 10. The van der Waals surface area contributed by atoms with Crippen molar-refractivity contribution in [3.05, 3.63) is 53.2 Å². The Morgan fingerprint density at radius 3 is 2.59 bits per heavy atom. The maximum Gasteiger partial charge on any atom is 0.200 e. The van der Waals surface area contributed by atoms with Crippen LogP contribution in [0.4, 0.5) is 11.4 Å². The molecule has 0 aromatic heterocycles. The van der Waals surface area contributed by atoms with Gasteiger partial charge in [0.25, 0.3) is 0 Å². The molecule has 4 rings (SSSR count). The van der Waals surface area contributed by atoms with Crippen molar-refractivity contribution in [2.75, 3.05) is 30.4 Å². The smallest absolute Gasteiger partial charge is 0.200 e. The van der Waals surface area contributed by atoms with E-state index in [4.69, 9.17) is 11.6 Å². The van der Waals surface area contributed by atoms with Crippen molar-refractivity contribution < 1.29 is 0 Å². The molecule has 37 heavy (non-hydrogen) atoms. The van der Waals surface area contributed by atoms with Gasteiger partial charge in [-0.25, -0.2) is 4.99 Å². The molecule has 2 heterocycles. The number of benzene rings is 1. The summed E-state index contributed by atoms with van der Waals surface area (Å²) in [5, 5.41) is 7.85. The maximum atomic E-state index is 6.63. The number of nitrogens with one attached hydrogen (secondary N) is 2. The van der Waals surface area contributed by atoms with E-state index in [1.165, 1.54) is 55.3 Å². The van der Waals surface area contributed by atoms with Gasteiger partial charge in [0.2, 0.25) is 5.96 Å². The average Bonchev–Trinajstić information content (AvgIpc) is 2.87. The summed E-state index contributed by atoms with van der Waals surface area (Å²) in [6, 6.07) is 6.96. The van der Waals surface area contributed by atoms with Gasteiger partial charge in [0.1, 0.15) is 6.17 Å². The molecule has 1 aliphatic carbocycles. The standard InChI is InChI=1S/C31H46ClN5/c1-6-9-23(7-2)19-26-20-27(12-13-29(26)36(5)22(3)4)34-30-28(32)21-33-31(35-30)37-16-14-25(15-17-37)18-24-10-8-11-24/h7,12-13,19-22,24-25,30,34H,2,6,8-11,14-18H2,1,3-5H3,(H,33,35)/b23-19+. The van der Waals surface area contributed by atoms with Crippen molar-refractivity contribution in [2.24, 2.45) is 16.8 Å². The van der Waals surface area contributed by atoms with Crippen LogP contribution in [0.2, 0.25) is 0 Å². The van der Waals surface area contributed by atoms with Crippen LogP contribution in [0.5, 0.6) is 0 Å². The molecule has 6 heteroatoms. The summed E-state index contributed by atoms with van der Waals surface area (Å²) in [5.74, 6) is 2.80. The zero-order valence-electron chi connectivity index (χ0n) is 23.3. The van der Waals surface area contributed by atoms with E-state index in [-0.39, 0.29) is 6.17 Å². The van der Waals surface area contributed by atoms with Gasteiger partial charge >= 0.3 is 0 Å². The van der Waals surface area contributed by atoms with Crippen molar-refractivity contribution in [2.45, 2.75) is 84.3 Å². The van der Waals surface area contributed by atoms with Crippen molar-refractivity contribution in [1.29, 1.82) is 0 Å². The fourth-order valence-corrected chi connectivity index (χ4v) is 5.70. The third-order valence-electron chi connectivity index (χ3n) is 8.30. The summed E-state index contributed by atoms with van der Waals surface area (Å²) >= 11 is 6.63. The Bertz CT molecular complexity index is 1010. The molecule has 1 saturated heterocycles. The number of aliphatic imine (C=N–C) groups is 1. The van der Waals surface area contributed by atoms with E-state index >= 15 is 0 Å². The molecule has 0 spiro atoms. The van der Waals surface area contributed by atoms with Gasteiger partial charge in [0, 0.05) is 49.3 Å². The number of hydrogen-bond donors (Lipinski definition) is 2. The number of piperidine rings is 1. The molecule has 1 atom stereocenters. The van der Waals surface area contributed by atoms with Crippen LogP contribution in [0.1, 0.15) is 77.7 Å². The third kappa shape index (κ3) is 7.13. The highest BCUT2D eigenvalue weighted by molar-refractivity contribution is 6.30. The SMILES string of the molecule is C=C/C(=C\c1cc(NC2NC(N3CCC(CC4CCC4)CC3)=NC=C2Cl)ccc1N(C)C(C)C)CCC. The lowest BCUT2D eigenvalue weighted by Crippen LogP contribution is -2.52. The fourth-order valence-electron chi connectivity index (χ4n) is 5.54. The summed E-state index contributed by atoms with van der Waals surface area (Å²) in [4.78, 5) is 9.36. The number of likely N-dealkylation sites (tertiary alicyclic amines) is 1. The van der Waals surface area contributed by atoms with Gasteiger partial charge in [0.05, 0.1) is 5.03 Å². The molecule has 0 bridgehead atoms. The Morgan fingerprint density at radius 2 is 1.97 bits per heavy atom. The zero-order chi connectivity index (χ0) is 26.4. The van der Waals surface area contributed by atoms with Gasteiger partial charge < -0.3 is 20.4 Å². The largest absolute Gasteiger partial charge is 0.372 e. The summed E-state index contributed by atoms with van der Waals surface area (Å²) in [7, 11) is 2.15. The molecule has 1 unspecified atom stereocenters. The van der Waals surface area contributed by atoms with Crippen molar-refractivity contribution >= 4 is 35.0 Å². The lowest BCUT2D eigenvalue weighted by atomic mass is 9.76. The highest BCUT2D eigenvalue weighted by atomic mass is 35.5. The van der Waals surface area contributed by atoms with E-state index in [9.17, 15) is 0 Å². The first-order chi connectivity index (χ1) is 17.9. The van der Waals surface area contributed by atoms with Gasteiger partial charge in [-0.15, -0.1) is 0 Å². The Balaban J connectivity index is 1.44. The summed E-state index contributed by atoms with van der Waals surface area (Å²) in [5.41, 5.74) is 4.67. The number of guanidine groups is 1. The van der Waals surface area contributed by atoms with Crippen LogP contribution in [0, 0.1) is 11.8 Å². The van der Waals surface area contributed by atoms with E-state index in [1.807, 2.05) is 6.08 Å². The number of allylic oxidation sites excluding steroid dienone is 2. The van der Waals surface area contributed by atoms with Gasteiger partial charge in [-0.2, -0.15) is 0 Å². The van der Waals surface area contributed by atoms with Crippen LogP contribution < -0.4 is 15.5 Å². The lowest BCUT2D eigenvalue weighted by Gasteiger charge is -2.38. The van der Waals surface area contributed by atoms with Gasteiger partial charge in [0.15, 0.2) is 0 Å². The lowest BCUT2D eigenvalue weighted by molar-refractivity contribution is 0.187. The molecule has 3 aliphatic rings. The molecule has 202 valence electrons. The molecule has 0 radical (unpaired) electrons. The first kappa shape index (κ1) is 27.6. The van der Waals surface area contributed by atoms with Crippen molar-refractivity contribution in [1.82, 2.24) is 10.2 Å². The van der Waals surface area contributed by atoms with Gasteiger partial charge in [-0.05, 0) is 81.2 Å². The molecule has 1 aromatic carbocycles. The van der Waals surface area contributed by atoms with Crippen molar-refractivity contribution in [3.63, 3.8) is 0 Å². The van der Waals surface area contributed by atoms with Crippen LogP contribution in [-0.4, -0.2) is 43.2 Å². The Morgan fingerprint density at radius 1 is 1.24 bits per heavy atom. The molecule has 0 amide bonds. The van der Waals surface area contributed by atoms with E-state index in [0.29, 0.717) is 11.1 Å². The summed E-state index contributed by atoms with van der Waals surface area (Å²) in [6.07, 6.45) is 16.2. The second-order valence-electron chi connectivity index (χ2n) is 11.3. The Kier molecular flexibility index (Phi) is 9.64. The maximum absolute atomic E-state index is 6.63. The van der Waals surface area contributed by atoms with Crippen molar-refractivity contribution in [3.8, 4) is 0 Å². The minimum Gasteiger partial charge on any atom is -0.372 e. The molecule has 2 aliphatic heterocycles. The van der Waals surface area contributed by atoms with E-state index in [2.05, 4.69) is 84.1 Å². The average molecular weight is 524 g/mol. The van der Waals surface area contributed by atoms with Crippen LogP contribution in [-0.2, 0) is 0 Å². The normalized spacial score (nSPS) is 21.2. The second-order valence-corrected chi connectivity index (χ2v) is 11.7. The van der Waals surface area contributed by atoms with Crippen LogP contribution in [0.3, 0.4) is 0 Å². The first-order valence-corrected chi connectivity index (χ1v) is 14.7. The van der Waals surface area contributed by atoms with Gasteiger partial charge in [-0.1, -0.05) is 56.9 Å². The predicted molar refractivity (Wildman–Crippen MR) is 161 cm³/mol. The monoisotopic (exact) mass is 523 g/mol. The number of halogens is 1. The number of nitrogens with zero attached hydrogens (tertiary/aromatic N) is 3.